The van der Waals surface area contributed by atoms with Gasteiger partial charge in [0.1, 0.15) is 11.5 Å². The number of nitrogens with one attached hydrogen (secondary N) is 1. The molecule has 1 aliphatic rings. The van der Waals surface area contributed by atoms with Crippen LogP contribution in [0.15, 0.2) is 36.4 Å². The van der Waals surface area contributed by atoms with Crippen molar-refractivity contribution in [2.45, 2.75) is 6.42 Å². The quantitative estimate of drug-likeness (QED) is 0.942. The second kappa shape index (κ2) is 5.84. The third kappa shape index (κ3) is 2.70. The van der Waals surface area contributed by atoms with E-state index in [-0.39, 0.29) is 31.2 Å². The molecule has 118 valence electrons. The first kappa shape index (κ1) is 15.2. The maximum Gasteiger partial charge on any atom is 0.270 e. The van der Waals surface area contributed by atoms with E-state index in [0.29, 0.717) is 17.0 Å². The third-order valence-corrected chi connectivity index (χ3v) is 4.16. The summed E-state index contributed by atoms with van der Waals surface area (Å²) in [5.74, 6) is -0.638. The van der Waals surface area contributed by atoms with E-state index in [1.165, 1.54) is 11.0 Å². The van der Waals surface area contributed by atoms with E-state index in [4.69, 9.17) is 5.26 Å². The van der Waals surface area contributed by atoms with Crippen molar-refractivity contribution in [3.63, 3.8) is 0 Å². The van der Waals surface area contributed by atoms with Crippen LogP contribution in [0, 0.1) is 22.6 Å². The number of hydrogen-bond acceptors (Lipinski definition) is 2. The fourth-order valence-corrected chi connectivity index (χ4v) is 2.82. The number of hydrogen-bond donors (Lipinski definition) is 1. The molecule has 2 aromatic rings. The highest BCUT2D eigenvalue weighted by Crippen LogP contribution is 2.34. The Bertz CT molecular complexity index is 772. The van der Waals surface area contributed by atoms with E-state index < -0.39 is 12.1 Å². The Balaban J connectivity index is 1.74. The number of carbonyl (C=O) groups excluding carboxylic acids is 1. The Hall–Kier alpha value is -2.68. The molecular formula is C17H15F2N3O. The molecule has 3 rings (SSSR count). The number of benzene rings is 1. The van der Waals surface area contributed by atoms with Crippen LogP contribution in [0.2, 0.25) is 0 Å². The first-order chi connectivity index (χ1) is 11.1. The summed E-state index contributed by atoms with van der Waals surface area (Å²) in [5.41, 5.74) is 0.460. The summed E-state index contributed by atoms with van der Waals surface area (Å²) in [6.45, 7) is -0.129. The molecule has 6 heteroatoms. The topological polar surface area (TPSA) is 59.9 Å². The average molecular weight is 315 g/mol. The van der Waals surface area contributed by atoms with Crippen LogP contribution < -0.4 is 0 Å². The zero-order valence-corrected chi connectivity index (χ0v) is 12.4. The number of aromatic amines is 1. The van der Waals surface area contributed by atoms with Crippen LogP contribution in [-0.4, -0.2) is 35.6 Å². The minimum Gasteiger partial charge on any atom is -0.350 e. The second-order valence-corrected chi connectivity index (χ2v) is 5.76. The molecule has 1 aromatic carbocycles. The van der Waals surface area contributed by atoms with Gasteiger partial charge in [0.2, 0.25) is 0 Å². The van der Waals surface area contributed by atoms with Gasteiger partial charge in [-0.15, -0.1) is 0 Å². The zero-order valence-electron chi connectivity index (χ0n) is 12.4. The standard InChI is InChI=1S/C17H15F2N3O/c18-8-7-17(9-20)10-22(11-17)16(23)15-6-5-14(21-15)12-3-1-2-4-13(12)19/h1-6,21H,7-8,10-11H2. The number of amides is 1. The highest BCUT2D eigenvalue weighted by Gasteiger charge is 2.45. The maximum atomic E-state index is 13.8. The lowest BCUT2D eigenvalue weighted by Gasteiger charge is -2.45. The van der Waals surface area contributed by atoms with Gasteiger partial charge in [0, 0.05) is 24.3 Å². The van der Waals surface area contributed by atoms with Gasteiger partial charge in [0.15, 0.2) is 0 Å². The second-order valence-electron chi connectivity index (χ2n) is 5.76. The van der Waals surface area contributed by atoms with Gasteiger partial charge in [0.25, 0.3) is 5.91 Å². The first-order valence-electron chi connectivity index (χ1n) is 7.29. The summed E-state index contributed by atoms with van der Waals surface area (Å²) in [6.07, 6.45) is 0.137. The van der Waals surface area contributed by atoms with Crippen LogP contribution in [0.3, 0.4) is 0 Å². The molecule has 0 unspecified atom stereocenters. The molecule has 0 saturated carbocycles. The number of halogens is 2. The molecular weight excluding hydrogens is 300 g/mol. The van der Waals surface area contributed by atoms with Gasteiger partial charge in [-0.1, -0.05) is 12.1 Å². The minimum atomic E-state index is -0.772. The number of alkyl halides is 1. The van der Waals surface area contributed by atoms with Gasteiger partial charge >= 0.3 is 0 Å². The van der Waals surface area contributed by atoms with Gasteiger partial charge in [-0.2, -0.15) is 5.26 Å². The van der Waals surface area contributed by atoms with E-state index in [9.17, 15) is 13.6 Å². The van der Waals surface area contributed by atoms with Crippen molar-refractivity contribution in [2.24, 2.45) is 5.41 Å². The third-order valence-electron chi connectivity index (χ3n) is 4.16. The van der Waals surface area contributed by atoms with Gasteiger partial charge in [-0.05, 0) is 30.7 Å². The molecule has 1 saturated heterocycles. The number of rotatable bonds is 4. The van der Waals surface area contributed by atoms with Crippen molar-refractivity contribution in [3.05, 3.63) is 47.9 Å². The van der Waals surface area contributed by atoms with Crippen molar-refractivity contribution in [3.8, 4) is 17.3 Å². The van der Waals surface area contributed by atoms with Crippen LogP contribution in [0.25, 0.3) is 11.3 Å². The van der Waals surface area contributed by atoms with Crippen LogP contribution in [0.1, 0.15) is 16.9 Å². The summed E-state index contributed by atoms with van der Waals surface area (Å²) >= 11 is 0. The van der Waals surface area contributed by atoms with Crippen LogP contribution in [0.5, 0.6) is 0 Å². The molecule has 1 aromatic heterocycles. The molecule has 0 bridgehead atoms. The molecule has 1 aliphatic heterocycles. The molecule has 0 aliphatic carbocycles. The number of H-pyrrole nitrogens is 1. The SMILES string of the molecule is N#CC1(CCF)CN(C(=O)c2ccc(-c3ccccc3F)[nH]2)C1. The van der Waals surface area contributed by atoms with Crippen molar-refractivity contribution in [1.82, 2.24) is 9.88 Å². The molecule has 1 N–H and O–H groups in total. The van der Waals surface area contributed by atoms with Gasteiger partial charge in [-0.25, -0.2) is 4.39 Å². The predicted octanol–water partition coefficient (Wildman–Crippen LogP) is 3.15. The zero-order chi connectivity index (χ0) is 16.4. The lowest BCUT2D eigenvalue weighted by molar-refractivity contribution is 0.0249. The highest BCUT2D eigenvalue weighted by molar-refractivity contribution is 5.94. The summed E-state index contributed by atoms with van der Waals surface area (Å²) < 4.78 is 26.2. The van der Waals surface area contributed by atoms with Crippen molar-refractivity contribution < 1.29 is 13.6 Å². The number of nitrogens with zero attached hydrogens (tertiary/aromatic N) is 2. The van der Waals surface area contributed by atoms with Crippen LogP contribution in [-0.2, 0) is 0 Å². The first-order valence-corrected chi connectivity index (χ1v) is 7.29. The molecule has 0 spiro atoms. The lowest BCUT2D eigenvalue weighted by Crippen LogP contribution is -2.58. The van der Waals surface area contributed by atoms with E-state index in [1.54, 1.807) is 30.3 Å². The normalized spacial score (nSPS) is 15.8. The Kier molecular flexibility index (Phi) is 3.87. The van der Waals surface area contributed by atoms with Crippen LogP contribution in [0.4, 0.5) is 8.78 Å². The molecule has 4 nitrogen and oxygen atoms in total. The summed E-state index contributed by atoms with van der Waals surface area (Å²) in [6, 6.07) is 11.6. The lowest BCUT2D eigenvalue weighted by atomic mass is 9.78. The Labute approximate surface area is 132 Å². The largest absolute Gasteiger partial charge is 0.350 e. The molecule has 2 heterocycles. The fourth-order valence-electron chi connectivity index (χ4n) is 2.82. The Morgan fingerprint density at radius 2 is 2.04 bits per heavy atom. The van der Waals surface area contributed by atoms with Gasteiger partial charge < -0.3 is 9.88 Å². The van der Waals surface area contributed by atoms with Crippen LogP contribution >= 0.6 is 0 Å². The highest BCUT2D eigenvalue weighted by atomic mass is 19.1. The minimum absolute atomic E-state index is 0.137. The molecule has 1 amide bonds. The van der Waals surface area contributed by atoms with Gasteiger partial charge in [0.05, 0.1) is 18.2 Å². The summed E-state index contributed by atoms with van der Waals surface area (Å²) in [5, 5.41) is 9.12. The number of aromatic nitrogens is 1. The molecule has 0 atom stereocenters. The molecule has 23 heavy (non-hydrogen) atoms. The average Bonchev–Trinajstić information content (AvgIpc) is 3.00. The Morgan fingerprint density at radius 3 is 2.70 bits per heavy atom. The van der Waals surface area contributed by atoms with E-state index in [2.05, 4.69) is 11.1 Å². The van der Waals surface area contributed by atoms with Gasteiger partial charge in [-0.3, -0.25) is 9.18 Å². The fraction of sp³-hybridized carbons (Fsp3) is 0.294. The van der Waals surface area contributed by atoms with Crippen molar-refractivity contribution in [2.75, 3.05) is 19.8 Å². The smallest absolute Gasteiger partial charge is 0.270 e. The van der Waals surface area contributed by atoms with Crippen molar-refractivity contribution in [1.29, 1.82) is 5.26 Å². The summed E-state index contributed by atoms with van der Waals surface area (Å²) in [7, 11) is 0. The number of carbonyl (C=O) groups is 1. The molecule has 0 radical (unpaired) electrons. The van der Waals surface area contributed by atoms with E-state index in [1.807, 2.05) is 0 Å². The predicted molar refractivity (Wildman–Crippen MR) is 80.7 cm³/mol. The summed E-state index contributed by atoms with van der Waals surface area (Å²) in [4.78, 5) is 16.8. The monoisotopic (exact) mass is 315 g/mol. The molecule has 1 fully saturated rings. The number of likely N-dealkylation sites (tertiary alicyclic amines) is 1. The maximum absolute atomic E-state index is 13.8. The number of nitriles is 1. The van der Waals surface area contributed by atoms with E-state index in [0.717, 1.165) is 0 Å². The van der Waals surface area contributed by atoms with E-state index >= 15 is 0 Å². The van der Waals surface area contributed by atoms with Crippen molar-refractivity contribution >= 4 is 5.91 Å². The Morgan fingerprint density at radius 1 is 1.30 bits per heavy atom.